The predicted octanol–water partition coefficient (Wildman–Crippen LogP) is 4.65. The second kappa shape index (κ2) is 7.78. The molecule has 0 atom stereocenters. The van der Waals surface area contributed by atoms with Crippen LogP contribution in [0.3, 0.4) is 0 Å². The van der Waals surface area contributed by atoms with Crippen molar-refractivity contribution in [1.29, 1.82) is 0 Å². The maximum Gasteiger partial charge on any atom is 0.244 e. The molecule has 3 rings (SSSR count). The Labute approximate surface area is 160 Å². The van der Waals surface area contributed by atoms with E-state index < -0.39 is 0 Å². The van der Waals surface area contributed by atoms with Crippen molar-refractivity contribution in [3.8, 4) is 0 Å². The van der Waals surface area contributed by atoms with Gasteiger partial charge in [-0.25, -0.2) is 5.43 Å². The molecular formula is C23H27N3O. The number of hydrogen-bond donors (Lipinski definition) is 1. The van der Waals surface area contributed by atoms with Crippen molar-refractivity contribution in [1.82, 2.24) is 9.99 Å². The smallest absolute Gasteiger partial charge is 0.244 e. The van der Waals surface area contributed by atoms with E-state index in [1.807, 2.05) is 24.3 Å². The average Bonchev–Trinajstić information content (AvgIpc) is 2.99. The molecule has 0 bridgehead atoms. The monoisotopic (exact) mass is 361 g/mol. The van der Waals surface area contributed by atoms with Gasteiger partial charge in [0.15, 0.2) is 0 Å². The summed E-state index contributed by atoms with van der Waals surface area (Å²) in [5, 5.41) is 5.29. The van der Waals surface area contributed by atoms with Crippen LogP contribution in [0.15, 0.2) is 59.8 Å². The molecule has 27 heavy (non-hydrogen) atoms. The Hall–Kier alpha value is -2.88. The molecule has 4 nitrogen and oxygen atoms in total. The van der Waals surface area contributed by atoms with E-state index in [-0.39, 0.29) is 11.3 Å². The largest absolute Gasteiger partial charge is 0.347 e. The molecule has 1 heterocycles. The number of para-hydroxylation sites is 1. The normalized spacial score (nSPS) is 12.0. The molecular weight excluding hydrogens is 334 g/mol. The molecule has 1 amide bonds. The number of amides is 1. The van der Waals surface area contributed by atoms with Crippen molar-refractivity contribution < 1.29 is 4.79 Å². The number of nitrogens with one attached hydrogen (secondary N) is 1. The summed E-state index contributed by atoms with van der Waals surface area (Å²) in [6.07, 6.45) is 4.10. The van der Waals surface area contributed by atoms with Crippen LogP contribution in [0.5, 0.6) is 0 Å². The van der Waals surface area contributed by atoms with E-state index in [2.05, 4.69) is 73.3 Å². The van der Waals surface area contributed by atoms with Gasteiger partial charge in [0.05, 0.1) is 12.6 Å². The summed E-state index contributed by atoms with van der Waals surface area (Å²) in [7, 11) is 0. The summed E-state index contributed by atoms with van der Waals surface area (Å²) in [6.45, 7) is 9.54. The lowest BCUT2D eigenvalue weighted by molar-refractivity contribution is -0.120. The maximum atomic E-state index is 12.2. The number of aromatic nitrogens is 1. The first-order chi connectivity index (χ1) is 12.9. The molecule has 0 saturated carbocycles. The molecule has 2 aromatic carbocycles. The molecule has 0 spiro atoms. The van der Waals surface area contributed by atoms with Gasteiger partial charge < -0.3 is 4.57 Å². The molecule has 0 aliphatic heterocycles. The van der Waals surface area contributed by atoms with Crippen LogP contribution in [-0.2, 0) is 23.2 Å². The summed E-state index contributed by atoms with van der Waals surface area (Å²) in [4.78, 5) is 12.2. The van der Waals surface area contributed by atoms with Gasteiger partial charge >= 0.3 is 0 Å². The van der Waals surface area contributed by atoms with Crippen molar-refractivity contribution in [2.45, 2.75) is 46.1 Å². The highest BCUT2D eigenvalue weighted by Gasteiger charge is 2.13. The number of carbonyl (C=O) groups excluding carboxylic acids is 1. The van der Waals surface area contributed by atoms with E-state index in [0.717, 1.165) is 23.1 Å². The van der Waals surface area contributed by atoms with Crippen LogP contribution in [0.1, 0.15) is 44.4 Å². The Morgan fingerprint density at radius 3 is 2.48 bits per heavy atom. The van der Waals surface area contributed by atoms with Crippen molar-refractivity contribution in [2.24, 2.45) is 5.10 Å². The van der Waals surface area contributed by atoms with E-state index in [0.29, 0.717) is 6.42 Å². The summed E-state index contributed by atoms with van der Waals surface area (Å²) in [5.74, 6) is -0.117. The van der Waals surface area contributed by atoms with Crippen molar-refractivity contribution in [3.63, 3.8) is 0 Å². The van der Waals surface area contributed by atoms with Crippen molar-refractivity contribution >= 4 is 23.0 Å². The highest BCUT2D eigenvalue weighted by atomic mass is 16.2. The van der Waals surface area contributed by atoms with Crippen LogP contribution >= 0.6 is 0 Å². The molecule has 0 fully saturated rings. The summed E-state index contributed by atoms with van der Waals surface area (Å²) < 4.78 is 2.18. The Kier molecular flexibility index (Phi) is 5.45. The first-order valence-electron chi connectivity index (χ1n) is 9.37. The van der Waals surface area contributed by atoms with Crippen LogP contribution in [0.4, 0.5) is 0 Å². The molecule has 4 heteroatoms. The lowest BCUT2D eigenvalue weighted by Crippen LogP contribution is -2.20. The summed E-state index contributed by atoms with van der Waals surface area (Å²) >= 11 is 0. The summed E-state index contributed by atoms with van der Waals surface area (Å²) in [6, 6.07) is 16.4. The molecule has 0 unspecified atom stereocenters. The molecule has 1 aromatic heterocycles. The lowest BCUT2D eigenvalue weighted by Gasteiger charge is -2.19. The van der Waals surface area contributed by atoms with Crippen LogP contribution in [0, 0.1) is 0 Å². The van der Waals surface area contributed by atoms with Crippen molar-refractivity contribution in [3.05, 3.63) is 71.4 Å². The SMILES string of the molecule is CCn1cc(/C=N\NC(=O)Cc2ccc(C(C)(C)C)cc2)c2ccccc21. The quantitative estimate of drug-likeness (QED) is 0.522. The highest BCUT2D eigenvalue weighted by molar-refractivity contribution is 5.99. The van der Waals surface area contributed by atoms with Crippen LogP contribution in [-0.4, -0.2) is 16.7 Å². The first kappa shape index (κ1) is 18.9. The van der Waals surface area contributed by atoms with Gasteiger partial charge in [0.2, 0.25) is 5.91 Å². The molecule has 0 aliphatic rings. The van der Waals surface area contributed by atoms with E-state index in [9.17, 15) is 4.79 Å². The molecule has 3 aromatic rings. The topological polar surface area (TPSA) is 46.4 Å². The number of hydrazone groups is 1. The molecule has 0 aliphatic carbocycles. The first-order valence-corrected chi connectivity index (χ1v) is 9.37. The number of aryl methyl sites for hydroxylation is 1. The van der Waals surface area contributed by atoms with Gasteiger partial charge in [-0.05, 0) is 29.5 Å². The van der Waals surface area contributed by atoms with E-state index in [1.165, 1.54) is 11.1 Å². The van der Waals surface area contributed by atoms with Gasteiger partial charge in [0, 0.05) is 29.2 Å². The van der Waals surface area contributed by atoms with Gasteiger partial charge in [-0.15, -0.1) is 0 Å². The zero-order valence-electron chi connectivity index (χ0n) is 16.5. The zero-order valence-corrected chi connectivity index (χ0v) is 16.5. The predicted molar refractivity (Wildman–Crippen MR) is 112 cm³/mol. The third-order valence-corrected chi connectivity index (χ3v) is 4.74. The molecule has 1 N–H and O–H groups in total. The number of benzene rings is 2. The summed E-state index contributed by atoms with van der Waals surface area (Å²) in [5.41, 5.74) is 7.17. The van der Waals surface area contributed by atoms with Crippen molar-refractivity contribution in [2.75, 3.05) is 0 Å². The number of rotatable bonds is 5. The standard InChI is InChI=1S/C23H27N3O/c1-5-26-16-18(20-8-6-7-9-21(20)26)15-24-25-22(27)14-17-10-12-19(13-11-17)23(2,3)4/h6-13,15-16H,5,14H2,1-4H3,(H,25,27)/b24-15-. The second-order valence-electron chi connectivity index (χ2n) is 7.80. The molecule has 0 saturated heterocycles. The maximum absolute atomic E-state index is 12.2. The number of nitrogens with zero attached hydrogens (tertiary/aromatic N) is 2. The van der Waals surface area contributed by atoms with Gasteiger partial charge in [-0.3, -0.25) is 4.79 Å². The zero-order chi connectivity index (χ0) is 19.4. The Balaban J connectivity index is 1.64. The third-order valence-electron chi connectivity index (χ3n) is 4.74. The van der Waals surface area contributed by atoms with E-state index in [4.69, 9.17) is 0 Å². The van der Waals surface area contributed by atoms with E-state index >= 15 is 0 Å². The number of fused-ring (bicyclic) bond motifs is 1. The number of carbonyl (C=O) groups is 1. The van der Waals surface area contributed by atoms with Crippen LogP contribution in [0.25, 0.3) is 10.9 Å². The van der Waals surface area contributed by atoms with Gasteiger partial charge in [-0.1, -0.05) is 63.2 Å². The number of hydrogen-bond acceptors (Lipinski definition) is 2. The lowest BCUT2D eigenvalue weighted by atomic mass is 9.86. The minimum atomic E-state index is -0.117. The van der Waals surface area contributed by atoms with Gasteiger partial charge in [-0.2, -0.15) is 5.10 Å². The minimum Gasteiger partial charge on any atom is -0.347 e. The van der Waals surface area contributed by atoms with E-state index in [1.54, 1.807) is 6.21 Å². The van der Waals surface area contributed by atoms with Crippen LogP contribution in [0.2, 0.25) is 0 Å². The fourth-order valence-corrected chi connectivity index (χ4v) is 3.16. The Bertz CT molecular complexity index is 959. The van der Waals surface area contributed by atoms with Gasteiger partial charge in [0.1, 0.15) is 0 Å². The highest BCUT2D eigenvalue weighted by Crippen LogP contribution is 2.22. The minimum absolute atomic E-state index is 0.114. The Morgan fingerprint density at radius 2 is 1.81 bits per heavy atom. The molecule has 140 valence electrons. The average molecular weight is 361 g/mol. The molecule has 0 radical (unpaired) electrons. The third kappa shape index (κ3) is 4.45. The fraction of sp³-hybridized carbons (Fsp3) is 0.304. The fourth-order valence-electron chi connectivity index (χ4n) is 3.16. The van der Waals surface area contributed by atoms with Gasteiger partial charge in [0.25, 0.3) is 0 Å². The second-order valence-corrected chi connectivity index (χ2v) is 7.80. The van der Waals surface area contributed by atoms with Crippen LogP contribution < -0.4 is 5.43 Å². The Morgan fingerprint density at radius 1 is 1.11 bits per heavy atom.